The number of hydrogen-bond donors (Lipinski definition) is 1. The first-order valence-electron chi connectivity index (χ1n) is 4.24. The molecule has 4 nitrogen and oxygen atoms in total. The number of aromatic nitrogens is 2. The van der Waals surface area contributed by atoms with Crippen molar-refractivity contribution >= 4 is 17.5 Å². The summed E-state index contributed by atoms with van der Waals surface area (Å²) < 4.78 is 37.5. The third-order valence-electron chi connectivity index (χ3n) is 1.61. The van der Waals surface area contributed by atoms with E-state index in [1.807, 2.05) is 0 Å². The highest BCUT2D eigenvalue weighted by atomic mass is 35.5. The number of alkyl halides is 3. The average Bonchev–Trinajstić information content (AvgIpc) is 2.16. The summed E-state index contributed by atoms with van der Waals surface area (Å²) in [5.41, 5.74) is -1.97. The third-order valence-corrected chi connectivity index (χ3v) is 1.79. The van der Waals surface area contributed by atoms with Gasteiger partial charge in [0, 0.05) is 12.7 Å². The molecule has 0 aliphatic carbocycles. The lowest BCUT2D eigenvalue weighted by Crippen LogP contribution is -2.27. The summed E-state index contributed by atoms with van der Waals surface area (Å²) in [6.45, 7) is 1.79. The van der Waals surface area contributed by atoms with Crippen LogP contribution in [-0.4, -0.2) is 22.4 Å². The van der Waals surface area contributed by atoms with Crippen LogP contribution < -0.4 is 5.32 Å². The first-order valence-corrected chi connectivity index (χ1v) is 4.62. The van der Waals surface area contributed by atoms with E-state index < -0.39 is 28.6 Å². The minimum atomic E-state index is -4.74. The van der Waals surface area contributed by atoms with Crippen molar-refractivity contribution in [1.29, 1.82) is 0 Å². The van der Waals surface area contributed by atoms with E-state index in [0.717, 1.165) is 6.20 Å². The quantitative estimate of drug-likeness (QED) is 0.819. The number of carbonyl (C=O) groups is 1. The summed E-state index contributed by atoms with van der Waals surface area (Å²) in [6, 6.07) is 0. The van der Waals surface area contributed by atoms with Crippen LogP contribution in [-0.2, 0) is 6.18 Å². The summed E-state index contributed by atoms with van der Waals surface area (Å²) >= 11 is 5.25. The van der Waals surface area contributed by atoms with Gasteiger partial charge in [0.25, 0.3) is 5.91 Å². The van der Waals surface area contributed by atoms with Gasteiger partial charge < -0.3 is 5.32 Å². The summed E-state index contributed by atoms with van der Waals surface area (Å²) in [6.07, 6.45) is -3.99. The Bertz CT molecular complexity index is 408. The Morgan fingerprint density at radius 1 is 1.56 bits per heavy atom. The molecule has 0 bridgehead atoms. The molecule has 1 aromatic rings. The van der Waals surface area contributed by atoms with Crippen LogP contribution in [0, 0.1) is 0 Å². The zero-order chi connectivity index (χ0) is 12.3. The van der Waals surface area contributed by atoms with Crippen molar-refractivity contribution in [3.63, 3.8) is 0 Å². The summed E-state index contributed by atoms with van der Waals surface area (Å²) in [7, 11) is 0. The number of nitrogens with zero attached hydrogens (tertiary/aromatic N) is 2. The average molecular weight is 254 g/mol. The minimum absolute atomic E-state index is 0.207. The SMILES string of the molecule is CCNC(=O)c1cnc(Cl)nc1C(F)(F)F. The number of rotatable bonds is 2. The molecule has 16 heavy (non-hydrogen) atoms. The zero-order valence-corrected chi connectivity index (χ0v) is 8.85. The Labute approximate surface area is 93.8 Å². The van der Waals surface area contributed by atoms with Gasteiger partial charge in [-0.25, -0.2) is 9.97 Å². The van der Waals surface area contributed by atoms with Gasteiger partial charge >= 0.3 is 6.18 Å². The van der Waals surface area contributed by atoms with Crippen LogP contribution in [0.25, 0.3) is 0 Å². The van der Waals surface area contributed by atoms with Crippen LogP contribution in [0.1, 0.15) is 23.0 Å². The van der Waals surface area contributed by atoms with E-state index in [2.05, 4.69) is 15.3 Å². The maximum atomic E-state index is 12.5. The fourth-order valence-corrected chi connectivity index (χ4v) is 1.13. The molecule has 0 aliphatic rings. The normalized spacial score (nSPS) is 11.3. The van der Waals surface area contributed by atoms with Gasteiger partial charge in [-0.15, -0.1) is 0 Å². The Morgan fingerprint density at radius 3 is 2.69 bits per heavy atom. The summed E-state index contributed by atoms with van der Waals surface area (Å²) in [5.74, 6) is -0.883. The van der Waals surface area contributed by atoms with E-state index in [9.17, 15) is 18.0 Å². The first kappa shape index (κ1) is 12.7. The van der Waals surface area contributed by atoms with Crippen molar-refractivity contribution < 1.29 is 18.0 Å². The van der Waals surface area contributed by atoms with Crippen molar-refractivity contribution in [3.8, 4) is 0 Å². The molecule has 1 aromatic heterocycles. The summed E-state index contributed by atoms with van der Waals surface area (Å²) in [5, 5.41) is 1.68. The van der Waals surface area contributed by atoms with Crippen LogP contribution in [0.2, 0.25) is 5.28 Å². The number of amides is 1. The number of hydrogen-bond acceptors (Lipinski definition) is 3. The molecule has 0 unspecified atom stereocenters. The van der Waals surface area contributed by atoms with Gasteiger partial charge in [0.15, 0.2) is 5.69 Å². The fourth-order valence-electron chi connectivity index (χ4n) is 0.998. The monoisotopic (exact) mass is 253 g/mol. The van der Waals surface area contributed by atoms with E-state index in [4.69, 9.17) is 11.6 Å². The molecule has 0 fully saturated rings. The second-order valence-corrected chi connectivity index (χ2v) is 3.10. The Morgan fingerprint density at radius 2 is 2.19 bits per heavy atom. The van der Waals surface area contributed by atoms with Crippen LogP contribution in [0.5, 0.6) is 0 Å². The van der Waals surface area contributed by atoms with Crippen LogP contribution in [0.15, 0.2) is 6.20 Å². The maximum Gasteiger partial charge on any atom is 0.434 e. The predicted octanol–water partition coefficient (Wildman–Crippen LogP) is 1.90. The molecule has 0 aliphatic heterocycles. The molecule has 0 saturated carbocycles. The molecule has 0 atom stereocenters. The van der Waals surface area contributed by atoms with Crippen molar-refractivity contribution in [1.82, 2.24) is 15.3 Å². The maximum absolute atomic E-state index is 12.5. The van der Waals surface area contributed by atoms with Crippen molar-refractivity contribution in [2.24, 2.45) is 0 Å². The van der Waals surface area contributed by atoms with E-state index >= 15 is 0 Å². The Kier molecular flexibility index (Phi) is 3.69. The Balaban J connectivity index is 3.23. The zero-order valence-electron chi connectivity index (χ0n) is 8.10. The molecular weight excluding hydrogens is 247 g/mol. The number of carbonyl (C=O) groups excluding carboxylic acids is 1. The van der Waals surface area contributed by atoms with Crippen molar-refractivity contribution in [3.05, 3.63) is 22.7 Å². The molecule has 0 saturated heterocycles. The molecule has 0 aromatic carbocycles. The third kappa shape index (κ3) is 2.82. The molecule has 1 heterocycles. The standard InChI is InChI=1S/C8H7ClF3N3O/c1-2-13-6(16)4-3-14-7(9)15-5(4)8(10,11)12/h3H,2H2,1H3,(H,13,16). The van der Waals surface area contributed by atoms with Crippen LogP contribution in [0.4, 0.5) is 13.2 Å². The Hall–Kier alpha value is -1.37. The molecule has 1 amide bonds. The number of halogens is 4. The van der Waals surface area contributed by atoms with Gasteiger partial charge in [0.1, 0.15) is 0 Å². The van der Waals surface area contributed by atoms with E-state index in [1.165, 1.54) is 0 Å². The highest BCUT2D eigenvalue weighted by Gasteiger charge is 2.37. The second-order valence-electron chi connectivity index (χ2n) is 2.76. The van der Waals surface area contributed by atoms with Crippen molar-refractivity contribution in [2.75, 3.05) is 6.54 Å². The van der Waals surface area contributed by atoms with Gasteiger partial charge in [-0.2, -0.15) is 13.2 Å². The molecule has 0 radical (unpaired) electrons. The highest BCUT2D eigenvalue weighted by Crippen LogP contribution is 2.30. The van der Waals surface area contributed by atoms with Crippen LogP contribution in [0.3, 0.4) is 0 Å². The first-order chi connectivity index (χ1) is 7.36. The molecule has 88 valence electrons. The van der Waals surface area contributed by atoms with Crippen LogP contribution >= 0.6 is 11.6 Å². The largest absolute Gasteiger partial charge is 0.434 e. The molecule has 1 rings (SSSR count). The molecule has 8 heteroatoms. The number of nitrogens with one attached hydrogen (secondary N) is 1. The molecule has 0 spiro atoms. The predicted molar refractivity (Wildman–Crippen MR) is 50.1 cm³/mol. The molecule has 1 N–H and O–H groups in total. The highest BCUT2D eigenvalue weighted by molar-refractivity contribution is 6.28. The van der Waals surface area contributed by atoms with Gasteiger partial charge in [-0.05, 0) is 18.5 Å². The van der Waals surface area contributed by atoms with E-state index in [0.29, 0.717) is 0 Å². The van der Waals surface area contributed by atoms with Gasteiger partial charge in [0.2, 0.25) is 5.28 Å². The fraction of sp³-hybridized carbons (Fsp3) is 0.375. The molecular formula is C8H7ClF3N3O. The van der Waals surface area contributed by atoms with Gasteiger partial charge in [-0.3, -0.25) is 4.79 Å². The van der Waals surface area contributed by atoms with Gasteiger partial charge in [-0.1, -0.05) is 0 Å². The van der Waals surface area contributed by atoms with Gasteiger partial charge in [0.05, 0.1) is 5.56 Å². The lowest BCUT2D eigenvalue weighted by molar-refractivity contribution is -0.141. The lowest BCUT2D eigenvalue weighted by Gasteiger charge is -2.10. The van der Waals surface area contributed by atoms with Crippen molar-refractivity contribution in [2.45, 2.75) is 13.1 Å². The van der Waals surface area contributed by atoms with E-state index in [-0.39, 0.29) is 6.54 Å². The smallest absolute Gasteiger partial charge is 0.352 e. The minimum Gasteiger partial charge on any atom is -0.352 e. The topological polar surface area (TPSA) is 54.9 Å². The lowest BCUT2D eigenvalue weighted by atomic mass is 10.2. The van der Waals surface area contributed by atoms with E-state index in [1.54, 1.807) is 6.92 Å². The second kappa shape index (κ2) is 4.65. The summed E-state index contributed by atoms with van der Waals surface area (Å²) in [4.78, 5) is 17.7.